The first-order chi connectivity index (χ1) is 12.7. The molecule has 6 nitrogen and oxygen atoms in total. The molecule has 1 aromatic carbocycles. The highest BCUT2D eigenvalue weighted by Crippen LogP contribution is 2.39. The molecule has 0 bridgehead atoms. The Morgan fingerprint density at radius 2 is 2.00 bits per heavy atom. The zero-order valence-corrected chi connectivity index (χ0v) is 16.5. The van der Waals surface area contributed by atoms with Gasteiger partial charge < -0.3 is 9.84 Å². The Balaban J connectivity index is 1.72. The van der Waals surface area contributed by atoms with Gasteiger partial charge in [-0.3, -0.25) is 5.32 Å². The van der Waals surface area contributed by atoms with E-state index in [9.17, 15) is 9.90 Å². The molecule has 2 N–H and O–H groups in total. The molecule has 1 aromatic heterocycles. The number of rotatable bonds is 4. The number of aliphatic hydroxyl groups is 1. The van der Waals surface area contributed by atoms with E-state index in [1.165, 1.54) is 0 Å². The summed E-state index contributed by atoms with van der Waals surface area (Å²) in [4.78, 5) is 12.3. The van der Waals surface area contributed by atoms with Gasteiger partial charge in [-0.2, -0.15) is 5.10 Å². The van der Waals surface area contributed by atoms with Crippen LogP contribution in [0.15, 0.2) is 36.4 Å². The minimum Gasteiger partial charge on any atom is -0.444 e. The maximum Gasteiger partial charge on any atom is 0.413 e. The number of carbonyl (C=O) groups is 1. The lowest BCUT2D eigenvalue weighted by atomic mass is 10.0. The van der Waals surface area contributed by atoms with Crippen LogP contribution in [0.5, 0.6) is 0 Å². The normalized spacial score (nSPS) is 22.6. The van der Waals surface area contributed by atoms with E-state index < -0.39 is 6.09 Å². The number of amides is 1. The molecule has 1 amide bonds. The standard InChI is InChI=1S/C21H29N3O3/c1-14-10-16(11-18(14)25)17-12-19(24(23-17)21(2,3)4)22-20(26)27-13-15-8-6-5-7-9-15/h5-9,12,14,16,18,25H,10-11,13H2,1-4H3,(H,22,26)/t14-,16+,18+/m1/s1. The Kier molecular flexibility index (Phi) is 5.56. The highest BCUT2D eigenvalue weighted by Gasteiger charge is 2.33. The summed E-state index contributed by atoms with van der Waals surface area (Å²) in [6, 6.07) is 11.5. The quantitative estimate of drug-likeness (QED) is 0.842. The second-order valence-corrected chi connectivity index (χ2v) is 8.44. The van der Waals surface area contributed by atoms with Crippen molar-refractivity contribution in [1.82, 2.24) is 9.78 Å². The van der Waals surface area contributed by atoms with Crippen LogP contribution in [0.25, 0.3) is 0 Å². The number of benzene rings is 1. The Labute approximate surface area is 160 Å². The molecule has 3 atom stereocenters. The third-order valence-corrected chi connectivity index (χ3v) is 5.06. The van der Waals surface area contributed by atoms with E-state index in [1.807, 2.05) is 61.9 Å². The third-order valence-electron chi connectivity index (χ3n) is 5.06. The van der Waals surface area contributed by atoms with Gasteiger partial charge in [0, 0.05) is 12.0 Å². The van der Waals surface area contributed by atoms with E-state index >= 15 is 0 Å². The smallest absolute Gasteiger partial charge is 0.413 e. The van der Waals surface area contributed by atoms with E-state index in [-0.39, 0.29) is 30.1 Å². The van der Waals surface area contributed by atoms with Crippen LogP contribution in [0, 0.1) is 5.92 Å². The fourth-order valence-corrected chi connectivity index (χ4v) is 3.53. The average Bonchev–Trinajstić information content (AvgIpc) is 3.18. The van der Waals surface area contributed by atoms with Crippen LogP contribution in [-0.4, -0.2) is 27.1 Å². The molecule has 2 aromatic rings. The maximum absolute atomic E-state index is 12.3. The number of anilines is 1. The summed E-state index contributed by atoms with van der Waals surface area (Å²) < 4.78 is 7.16. The van der Waals surface area contributed by atoms with Gasteiger partial charge in [0.05, 0.1) is 17.3 Å². The molecular weight excluding hydrogens is 342 g/mol. The van der Waals surface area contributed by atoms with Crippen LogP contribution in [0.2, 0.25) is 0 Å². The SMILES string of the molecule is C[C@@H]1C[C@H](c2cc(NC(=O)OCc3ccccc3)n(C(C)(C)C)n2)C[C@@H]1O. The fraction of sp³-hybridized carbons (Fsp3) is 0.524. The highest BCUT2D eigenvalue weighted by atomic mass is 16.5. The van der Waals surface area contributed by atoms with Gasteiger partial charge in [-0.05, 0) is 45.1 Å². The van der Waals surface area contributed by atoms with E-state index in [4.69, 9.17) is 9.84 Å². The van der Waals surface area contributed by atoms with Crippen molar-refractivity contribution in [2.75, 3.05) is 5.32 Å². The first-order valence-electron chi connectivity index (χ1n) is 9.50. The number of hydrogen-bond donors (Lipinski definition) is 2. The summed E-state index contributed by atoms with van der Waals surface area (Å²) >= 11 is 0. The summed E-state index contributed by atoms with van der Waals surface area (Å²) in [6.45, 7) is 8.39. The number of carbonyl (C=O) groups excluding carboxylic acids is 1. The predicted molar refractivity (Wildman–Crippen MR) is 105 cm³/mol. The Morgan fingerprint density at radius 1 is 1.30 bits per heavy atom. The summed E-state index contributed by atoms with van der Waals surface area (Å²) in [5, 5.41) is 17.6. The Bertz CT molecular complexity index is 770. The van der Waals surface area contributed by atoms with Crippen LogP contribution in [0.1, 0.15) is 57.7 Å². The molecule has 1 saturated carbocycles. The van der Waals surface area contributed by atoms with E-state index in [1.54, 1.807) is 0 Å². The minimum absolute atomic E-state index is 0.208. The lowest BCUT2D eigenvalue weighted by Crippen LogP contribution is -2.27. The first kappa shape index (κ1) is 19.4. The summed E-state index contributed by atoms with van der Waals surface area (Å²) in [6.07, 6.45) is 0.818. The van der Waals surface area contributed by atoms with Crippen molar-refractivity contribution in [1.29, 1.82) is 0 Å². The topological polar surface area (TPSA) is 76.4 Å². The molecule has 3 rings (SSSR count). The molecule has 1 aliphatic rings. The molecule has 27 heavy (non-hydrogen) atoms. The van der Waals surface area contributed by atoms with Crippen molar-refractivity contribution in [3.8, 4) is 0 Å². The number of nitrogens with one attached hydrogen (secondary N) is 1. The monoisotopic (exact) mass is 371 g/mol. The molecule has 0 saturated heterocycles. The van der Waals surface area contributed by atoms with Crippen LogP contribution >= 0.6 is 0 Å². The van der Waals surface area contributed by atoms with Crippen LogP contribution in [0.3, 0.4) is 0 Å². The number of nitrogens with zero attached hydrogens (tertiary/aromatic N) is 2. The lowest BCUT2D eigenvalue weighted by molar-refractivity contribution is 0.140. The highest BCUT2D eigenvalue weighted by molar-refractivity contribution is 5.83. The molecule has 1 heterocycles. The number of aliphatic hydroxyl groups excluding tert-OH is 1. The summed E-state index contributed by atoms with van der Waals surface area (Å²) in [5.74, 6) is 1.09. The van der Waals surface area contributed by atoms with Gasteiger partial charge in [0.15, 0.2) is 0 Å². The molecule has 0 aliphatic heterocycles. The van der Waals surface area contributed by atoms with E-state index in [2.05, 4.69) is 12.2 Å². The molecule has 0 radical (unpaired) electrons. The van der Waals surface area contributed by atoms with E-state index in [0.29, 0.717) is 12.2 Å². The van der Waals surface area contributed by atoms with E-state index in [0.717, 1.165) is 17.7 Å². The van der Waals surface area contributed by atoms with Crippen LogP contribution < -0.4 is 5.32 Å². The van der Waals surface area contributed by atoms with Gasteiger partial charge in [-0.15, -0.1) is 0 Å². The van der Waals surface area contributed by atoms with Gasteiger partial charge in [0.25, 0.3) is 0 Å². The molecule has 146 valence electrons. The Morgan fingerprint density at radius 3 is 2.59 bits per heavy atom. The molecule has 1 aliphatic carbocycles. The zero-order chi connectivity index (χ0) is 19.6. The van der Waals surface area contributed by atoms with Crippen molar-refractivity contribution in [3.63, 3.8) is 0 Å². The predicted octanol–water partition coefficient (Wildman–Crippen LogP) is 4.26. The van der Waals surface area contributed by atoms with Gasteiger partial charge in [0.1, 0.15) is 12.4 Å². The third kappa shape index (κ3) is 4.69. The fourth-order valence-electron chi connectivity index (χ4n) is 3.53. The average molecular weight is 371 g/mol. The largest absolute Gasteiger partial charge is 0.444 e. The summed E-state index contributed by atoms with van der Waals surface area (Å²) in [7, 11) is 0. The van der Waals surface area contributed by atoms with Crippen molar-refractivity contribution >= 4 is 11.9 Å². The molecule has 6 heteroatoms. The van der Waals surface area contributed by atoms with Crippen molar-refractivity contribution in [3.05, 3.63) is 47.7 Å². The summed E-state index contributed by atoms with van der Waals surface area (Å²) in [5.41, 5.74) is 1.56. The maximum atomic E-state index is 12.3. The second-order valence-electron chi connectivity index (χ2n) is 8.44. The van der Waals surface area contributed by atoms with Gasteiger partial charge >= 0.3 is 6.09 Å². The Hall–Kier alpha value is -2.34. The number of ether oxygens (including phenoxy) is 1. The zero-order valence-electron chi connectivity index (χ0n) is 16.5. The molecule has 1 fully saturated rings. The minimum atomic E-state index is -0.504. The molecule has 0 spiro atoms. The lowest BCUT2D eigenvalue weighted by Gasteiger charge is -2.22. The number of hydrogen-bond acceptors (Lipinski definition) is 4. The van der Waals surface area contributed by atoms with Gasteiger partial charge in [-0.1, -0.05) is 37.3 Å². The molecular formula is C21H29N3O3. The second kappa shape index (κ2) is 7.72. The van der Waals surface area contributed by atoms with Crippen molar-refractivity contribution in [2.24, 2.45) is 5.92 Å². The van der Waals surface area contributed by atoms with Crippen LogP contribution in [-0.2, 0) is 16.9 Å². The van der Waals surface area contributed by atoms with Gasteiger partial charge in [-0.25, -0.2) is 9.48 Å². The van der Waals surface area contributed by atoms with Crippen molar-refractivity contribution < 1.29 is 14.6 Å². The van der Waals surface area contributed by atoms with Crippen LogP contribution in [0.4, 0.5) is 10.6 Å². The first-order valence-corrected chi connectivity index (χ1v) is 9.50. The van der Waals surface area contributed by atoms with Crippen molar-refractivity contribution in [2.45, 2.75) is 64.7 Å². The van der Waals surface area contributed by atoms with Gasteiger partial charge in [0.2, 0.25) is 0 Å². The number of aromatic nitrogens is 2. The molecule has 0 unspecified atom stereocenters.